The van der Waals surface area contributed by atoms with Gasteiger partial charge in [0.25, 0.3) is 0 Å². The number of phenols is 1. The Kier molecular flexibility index (Phi) is 2.66. The van der Waals surface area contributed by atoms with Gasteiger partial charge in [-0.3, -0.25) is 4.79 Å². The Morgan fingerprint density at radius 1 is 1.42 bits per heavy atom. The third-order valence-electron chi connectivity index (χ3n) is 6.91. The molecule has 2 fully saturated rings. The summed E-state index contributed by atoms with van der Waals surface area (Å²) in [6.07, 6.45) is 3.50. The van der Waals surface area contributed by atoms with E-state index >= 15 is 0 Å². The molecule has 1 saturated carbocycles. The molecule has 24 heavy (non-hydrogen) atoms. The van der Waals surface area contributed by atoms with E-state index in [0.717, 1.165) is 30.6 Å². The number of nitrogens with one attached hydrogen (secondary N) is 1. The van der Waals surface area contributed by atoms with E-state index in [1.54, 1.807) is 6.07 Å². The van der Waals surface area contributed by atoms with Crippen molar-refractivity contribution in [2.45, 2.75) is 48.8 Å². The molecule has 2 aliphatic heterocycles. The van der Waals surface area contributed by atoms with Crippen LogP contribution in [0.2, 0.25) is 0 Å². The van der Waals surface area contributed by atoms with Crippen LogP contribution < -0.4 is 9.64 Å². The van der Waals surface area contributed by atoms with Crippen molar-refractivity contribution in [3.8, 4) is 11.5 Å². The number of Topliss-reactive ketones (excluding diaryl/α,β-unsaturated/α-hetero) is 1. The molecule has 5 unspecified atom stereocenters. The van der Waals surface area contributed by atoms with Crippen molar-refractivity contribution in [1.82, 2.24) is 0 Å². The van der Waals surface area contributed by atoms with Crippen molar-refractivity contribution in [2.24, 2.45) is 0 Å². The number of rotatable bonds is 2. The lowest BCUT2D eigenvalue weighted by atomic mass is 9.49. The van der Waals surface area contributed by atoms with Gasteiger partial charge in [0.05, 0.1) is 18.5 Å². The fourth-order valence-corrected chi connectivity index (χ4v) is 5.98. The summed E-state index contributed by atoms with van der Waals surface area (Å²) in [6.45, 7) is 5.55. The first-order chi connectivity index (χ1) is 11.5. The van der Waals surface area contributed by atoms with Crippen molar-refractivity contribution in [1.29, 1.82) is 0 Å². The molecule has 2 aliphatic carbocycles. The second-order valence-electron chi connectivity index (χ2n) is 7.72. The molecule has 4 aliphatic rings. The molecule has 3 N–H and O–H groups in total. The number of hydrogen-bond donors (Lipinski definition) is 3. The molecule has 5 heteroatoms. The maximum absolute atomic E-state index is 12.6. The number of likely N-dealkylation sites (tertiary alicyclic amines) is 1. The Morgan fingerprint density at radius 2 is 2.25 bits per heavy atom. The van der Waals surface area contributed by atoms with Crippen molar-refractivity contribution in [2.75, 3.05) is 13.1 Å². The molecule has 0 radical (unpaired) electrons. The molecule has 0 aromatic heterocycles. The lowest BCUT2D eigenvalue weighted by Gasteiger charge is -2.60. The number of quaternary nitrogens is 1. The topological polar surface area (TPSA) is 71.2 Å². The van der Waals surface area contributed by atoms with Crippen LogP contribution in [0.15, 0.2) is 24.8 Å². The fourth-order valence-electron chi connectivity index (χ4n) is 5.98. The van der Waals surface area contributed by atoms with Crippen LogP contribution >= 0.6 is 0 Å². The number of phenolic OH excluding ortho intramolecular Hbond substituents is 1. The van der Waals surface area contributed by atoms with Gasteiger partial charge in [0, 0.05) is 24.8 Å². The summed E-state index contributed by atoms with van der Waals surface area (Å²) in [5.41, 5.74) is 0.348. The summed E-state index contributed by atoms with van der Waals surface area (Å²) in [4.78, 5) is 14.0. The van der Waals surface area contributed by atoms with Crippen LogP contribution in [0.3, 0.4) is 0 Å². The zero-order chi connectivity index (χ0) is 16.7. The van der Waals surface area contributed by atoms with Gasteiger partial charge in [-0.15, -0.1) is 0 Å². The average Bonchev–Trinajstić information content (AvgIpc) is 2.91. The Balaban J connectivity index is 1.80. The maximum atomic E-state index is 12.6. The van der Waals surface area contributed by atoms with Crippen LogP contribution in [0.4, 0.5) is 0 Å². The highest BCUT2D eigenvalue weighted by molar-refractivity contribution is 5.89. The van der Waals surface area contributed by atoms with Gasteiger partial charge in [-0.2, -0.15) is 0 Å². The molecule has 5 atom stereocenters. The summed E-state index contributed by atoms with van der Waals surface area (Å²) in [6, 6.07) is 3.62. The normalized spacial score (nSPS) is 41.5. The Bertz CT molecular complexity index is 775. The molecule has 5 nitrogen and oxygen atoms in total. The zero-order valence-corrected chi connectivity index (χ0v) is 13.5. The van der Waals surface area contributed by atoms with Crippen molar-refractivity contribution in [3.05, 3.63) is 35.9 Å². The Morgan fingerprint density at radius 3 is 3.04 bits per heavy atom. The van der Waals surface area contributed by atoms with Gasteiger partial charge >= 0.3 is 0 Å². The molecule has 1 aromatic rings. The standard InChI is InChI=1S/C19H21NO4/c1-2-8-20-9-7-18-15-11-3-4-12(21)16(15)24-17(18)13(22)5-6-19(18,23)14(20)10-11/h2-4,14,17,21,23H,1,5-10H2/p+1. The first-order valence-electron chi connectivity index (χ1n) is 8.75. The molecule has 1 saturated heterocycles. The second kappa shape index (κ2) is 4.41. The SMILES string of the molecule is C=CC[NH+]1CCC23c4c5ccc(O)c4OC2C(=O)CCC3(O)C1C5. The minimum Gasteiger partial charge on any atom is -0.504 e. The largest absolute Gasteiger partial charge is 0.504 e. The number of hydrogen-bond acceptors (Lipinski definition) is 4. The van der Waals surface area contributed by atoms with Gasteiger partial charge in [0.2, 0.25) is 0 Å². The highest BCUT2D eigenvalue weighted by atomic mass is 16.5. The average molecular weight is 328 g/mol. The van der Waals surface area contributed by atoms with Gasteiger partial charge < -0.3 is 19.8 Å². The lowest BCUT2D eigenvalue weighted by molar-refractivity contribution is -0.936. The summed E-state index contributed by atoms with van der Waals surface area (Å²) < 4.78 is 5.99. The number of benzene rings is 1. The lowest BCUT2D eigenvalue weighted by Crippen LogP contribution is -3.21. The third-order valence-corrected chi connectivity index (χ3v) is 6.91. The van der Waals surface area contributed by atoms with Crippen LogP contribution in [0.1, 0.15) is 30.4 Å². The van der Waals surface area contributed by atoms with Crippen molar-refractivity contribution >= 4 is 5.78 Å². The van der Waals surface area contributed by atoms with E-state index in [-0.39, 0.29) is 17.6 Å². The van der Waals surface area contributed by atoms with Gasteiger partial charge in [0.1, 0.15) is 11.6 Å². The Hall–Kier alpha value is -1.85. The van der Waals surface area contributed by atoms with Gasteiger partial charge in [-0.25, -0.2) is 0 Å². The molecular formula is C19H22NO4+. The highest BCUT2D eigenvalue weighted by Gasteiger charge is 2.74. The molecule has 126 valence electrons. The van der Waals surface area contributed by atoms with Crippen LogP contribution in [-0.4, -0.2) is 46.8 Å². The van der Waals surface area contributed by atoms with Crippen LogP contribution in [0, 0.1) is 0 Å². The van der Waals surface area contributed by atoms with E-state index in [2.05, 4.69) is 6.58 Å². The van der Waals surface area contributed by atoms with Gasteiger partial charge in [-0.05, 0) is 24.1 Å². The van der Waals surface area contributed by atoms with E-state index in [0.29, 0.717) is 25.0 Å². The summed E-state index contributed by atoms with van der Waals surface area (Å²) >= 11 is 0. The quantitative estimate of drug-likeness (QED) is 0.662. The summed E-state index contributed by atoms with van der Waals surface area (Å²) in [7, 11) is 0. The van der Waals surface area contributed by atoms with Crippen molar-refractivity contribution < 1.29 is 24.6 Å². The molecule has 0 amide bonds. The number of aliphatic hydroxyl groups is 1. The number of carbonyl (C=O) groups excluding carboxylic acids is 1. The summed E-state index contributed by atoms with van der Waals surface area (Å²) in [5.74, 6) is 0.554. The van der Waals surface area contributed by atoms with Crippen molar-refractivity contribution in [3.63, 3.8) is 0 Å². The van der Waals surface area contributed by atoms with E-state index < -0.39 is 17.1 Å². The highest BCUT2D eigenvalue weighted by Crippen LogP contribution is 2.62. The third kappa shape index (κ3) is 1.38. The minimum atomic E-state index is -0.964. The number of carbonyl (C=O) groups is 1. The molecular weight excluding hydrogens is 306 g/mol. The number of piperidine rings is 1. The van der Waals surface area contributed by atoms with E-state index in [9.17, 15) is 15.0 Å². The van der Waals surface area contributed by atoms with Gasteiger partial charge in [0.15, 0.2) is 23.4 Å². The predicted octanol–water partition coefficient (Wildman–Crippen LogP) is -0.116. The number of ether oxygens (including phenoxy) is 1. The Labute approximate surface area is 140 Å². The minimum absolute atomic E-state index is 0.0337. The summed E-state index contributed by atoms with van der Waals surface area (Å²) in [5, 5.41) is 22.1. The second-order valence-corrected chi connectivity index (χ2v) is 7.72. The maximum Gasteiger partial charge on any atom is 0.174 e. The zero-order valence-electron chi connectivity index (χ0n) is 13.5. The first-order valence-corrected chi connectivity index (χ1v) is 8.75. The number of ketones is 1. The molecule has 5 rings (SSSR count). The molecule has 1 spiro atoms. The molecule has 2 bridgehead atoms. The first kappa shape index (κ1) is 14.5. The predicted molar refractivity (Wildman–Crippen MR) is 86.4 cm³/mol. The van der Waals surface area contributed by atoms with Crippen LogP contribution in [0.25, 0.3) is 0 Å². The van der Waals surface area contributed by atoms with Gasteiger partial charge in [-0.1, -0.05) is 12.6 Å². The van der Waals surface area contributed by atoms with Crippen LogP contribution in [0.5, 0.6) is 11.5 Å². The molecule has 1 aromatic carbocycles. The fraction of sp³-hybridized carbons (Fsp3) is 0.526. The van der Waals surface area contributed by atoms with E-state index in [1.165, 1.54) is 4.90 Å². The number of aromatic hydroxyl groups is 1. The van der Waals surface area contributed by atoms with Crippen LogP contribution in [-0.2, 0) is 16.6 Å². The van der Waals surface area contributed by atoms with E-state index in [1.807, 2.05) is 12.1 Å². The van der Waals surface area contributed by atoms with E-state index in [4.69, 9.17) is 4.74 Å². The smallest absolute Gasteiger partial charge is 0.174 e. The monoisotopic (exact) mass is 328 g/mol. The molecule has 2 heterocycles.